The van der Waals surface area contributed by atoms with E-state index in [1.807, 2.05) is 0 Å². The van der Waals surface area contributed by atoms with Gasteiger partial charge in [-0.15, -0.1) is 0 Å². The largest absolute Gasteiger partial charge is 0.477 e. The fraction of sp³-hybridized carbons (Fsp3) is 0.500. The van der Waals surface area contributed by atoms with Crippen LogP contribution in [0.2, 0.25) is 0 Å². The van der Waals surface area contributed by atoms with Crippen molar-refractivity contribution in [2.24, 2.45) is 11.7 Å². The quantitative estimate of drug-likeness (QED) is 0.709. The Kier molecular flexibility index (Phi) is 3.81. The van der Waals surface area contributed by atoms with Crippen LogP contribution < -0.4 is 5.73 Å². The number of carbonyl (C=O) groups is 2. The van der Waals surface area contributed by atoms with Crippen LogP contribution >= 0.6 is 0 Å². The molecule has 0 bridgehead atoms. The molecule has 0 spiro atoms. The number of nitrogens with one attached hydrogen (secondary N) is 1. The summed E-state index contributed by atoms with van der Waals surface area (Å²) in [6.45, 7) is 3.18. The normalized spacial score (nSPS) is 19.8. The van der Waals surface area contributed by atoms with Crippen LogP contribution in [0.5, 0.6) is 0 Å². The van der Waals surface area contributed by atoms with Crippen molar-refractivity contribution in [2.45, 2.75) is 25.2 Å². The Labute approximate surface area is 122 Å². The van der Waals surface area contributed by atoms with Crippen molar-refractivity contribution in [3.63, 3.8) is 0 Å². The van der Waals surface area contributed by atoms with Crippen LogP contribution in [0.1, 0.15) is 28.2 Å². The summed E-state index contributed by atoms with van der Waals surface area (Å²) < 4.78 is 26.5. The lowest BCUT2D eigenvalue weighted by Crippen LogP contribution is -2.32. The minimum absolute atomic E-state index is 0.0319. The van der Waals surface area contributed by atoms with Crippen LogP contribution in [-0.4, -0.2) is 47.8 Å². The standard InChI is InChI=1S/C12H17N3O5S/c1-6-9(12(17)18)14-7(2)10(6)21(19,20)15-4-3-8(5-15)11(13)16/h8,14H,3-5H2,1-2H3,(H2,13,16)(H,17,18). The van der Waals surface area contributed by atoms with Crippen LogP contribution in [0.4, 0.5) is 0 Å². The zero-order chi connectivity index (χ0) is 15.9. The number of aromatic nitrogens is 1. The molecule has 0 aromatic carbocycles. The van der Waals surface area contributed by atoms with Gasteiger partial charge < -0.3 is 15.8 Å². The number of nitrogens with zero attached hydrogens (tertiary/aromatic N) is 1. The van der Waals surface area contributed by atoms with Gasteiger partial charge in [-0.25, -0.2) is 13.2 Å². The summed E-state index contributed by atoms with van der Waals surface area (Å²) in [5.74, 6) is -2.24. The highest BCUT2D eigenvalue weighted by Crippen LogP contribution is 2.30. The molecule has 8 nitrogen and oxygen atoms in total. The van der Waals surface area contributed by atoms with Gasteiger partial charge in [-0.1, -0.05) is 0 Å². The van der Waals surface area contributed by atoms with Gasteiger partial charge in [-0.3, -0.25) is 4.79 Å². The number of aryl methyl sites for hydroxylation is 1. The Morgan fingerprint density at radius 1 is 1.38 bits per heavy atom. The zero-order valence-corrected chi connectivity index (χ0v) is 12.5. The highest BCUT2D eigenvalue weighted by molar-refractivity contribution is 7.89. The minimum Gasteiger partial charge on any atom is -0.477 e. The van der Waals surface area contributed by atoms with Crippen LogP contribution in [0.25, 0.3) is 0 Å². The van der Waals surface area contributed by atoms with E-state index in [-0.39, 0.29) is 34.9 Å². The first-order valence-electron chi connectivity index (χ1n) is 6.38. The number of carboxylic acid groups (broad SMARTS) is 1. The third-order valence-corrected chi connectivity index (χ3v) is 5.87. The van der Waals surface area contributed by atoms with Gasteiger partial charge in [0.2, 0.25) is 15.9 Å². The number of sulfonamides is 1. The Bertz CT molecular complexity index is 707. The van der Waals surface area contributed by atoms with E-state index in [0.717, 1.165) is 0 Å². The second-order valence-electron chi connectivity index (χ2n) is 5.14. The Balaban J connectivity index is 2.42. The molecule has 0 saturated carbocycles. The lowest BCUT2D eigenvalue weighted by atomic mass is 10.1. The molecule has 116 valence electrons. The second-order valence-corrected chi connectivity index (χ2v) is 7.01. The first kappa shape index (κ1) is 15.5. The van der Waals surface area contributed by atoms with Crippen molar-refractivity contribution in [1.82, 2.24) is 9.29 Å². The van der Waals surface area contributed by atoms with E-state index in [0.29, 0.717) is 6.42 Å². The van der Waals surface area contributed by atoms with Gasteiger partial charge in [-0.2, -0.15) is 4.31 Å². The van der Waals surface area contributed by atoms with E-state index >= 15 is 0 Å². The number of rotatable bonds is 4. The molecule has 1 unspecified atom stereocenters. The van der Waals surface area contributed by atoms with Crippen molar-refractivity contribution in [3.8, 4) is 0 Å². The predicted molar refractivity (Wildman–Crippen MR) is 73.3 cm³/mol. The average Bonchev–Trinajstić information content (AvgIpc) is 2.94. The maximum atomic E-state index is 12.6. The topological polar surface area (TPSA) is 134 Å². The number of nitrogens with two attached hydrogens (primary N) is 1. The summed E-state index contributed by atoms with van der Waals surface area (Å²) in [4.78, 5) is 24.8. The van der Waals surface area contributed by atoms with E-state index < -0.39 is 27.8 Å². The van der Waals surface area contributed by atoms with Gasteiger partial charge >= 0.3 is 5.97 Å². The maximum Gasteiger partial charge on any atom is 0.352 e. The van der Waals surface area contributed by atoms with Gasteiger partial charge in [-0.05, 0) is 20.3 Å². The molecular formula is C12H17N3O5S. The SMILES string of the molecule is Cc1[nH]c(C(=O)O)c(C)c1S(=O)(=O)N1CCC(C(N)=O)C1. The van der Waals surface area contributed by atoms with Gasteiger partial charge in [0, 0.05) is 24.3 Å². The van der Waals surface area contributed by atoms with Crippen LogP contribution in [0.15, 0.2) is 4.90 Å². The van der Waals surface area contributed by atoms with Crippen molar-refractivity contribution >= 4 is 21.9 Å². The molecule has 1 amide bonds. The molecule has 4 N–H and O–H groups in total. The third kappa shape index (κ3) is 2.54. The molecule has 21 heavy (non-hydrogen) atoms. The fourth-order valence-electron chi connectivity index (χ4n) is 2.64. The van der Waals surface area contributed by atoms with Gasteiger partial charge in [0.15, 0.2) is 0 Å². The predicted octanol–water partition coefficient (Wildman–Crippen LogP) is -0.174. The van der Waals surface area contributed by atoms with E-state index in [2.05, 4.69) is 4.98 Å². The molecule has 1 aliphatic heterocycles. The number of H-pyrrole nitrogens is 1. The van der Waals surface area contributed by atoms with Gasteiger partial charge in [0.05, 0.1) is 5.92 Å². The Morgan fingerprint density at radius 3 is 2.43 bits per heavy atom. The summed E-state index contributed by atoms with van der Waals surface area (Å²) >= 11 is 0. The van der Waals surface area contributed by atoms with Crippen molar-refractivity contribution in [1.29, 1.82) is 0 Å². The number of aromatic carboxylic acids is 1. The van der Waals surface area contributed by atoms with Gasteiger partial charge in [0.25, 0.3) is 0 Å². The highest BCUT2D eigenvalue weighted by Gasteiger charge is 2.37. The molecule has 2 rings (SSSR count). The van der Waals surface area contributed by atoms with Crippen LogP contribution in [0, 0.1) is 19.8 Å². The van der Waals surface area contributed by atoms with E-state index in [9.17, 15) is 18.0 Å². The van der Waals surface area contributed by atoms with Crippen molar-refractivity contribution in [3.05, 3.63) is 17.0 Å². The lowest BCUT2D eigenvalue weighted by molar-refractivity contribution is -0.121. The molecule has 1 fully saturated rings. The number of primary amides is 1. The summed E-state index contributed by atoms with van der Waals surface area (Å²) in [7, 11) is -3.85. The molecule has 1 aliphatic rings. The summed E-state index contributed by atoms with van der Waals surface area (Å²) in [6.07, 6.45) is 0.378. The minimum atomic E-state index is -3.85. The third-order valence-electron chi connectivity index (χ3n) is 3.73. The van der Waals surface area contributed by atoms with Crippen molar-refractivity contribution in [2.75, 3.05) is 13.1 Å². The van der Waals surface area contributed by atoms with Crippen LogP contribution in [-0.2, 0) is 14.8 Å². The van der Waals surface area contributed by atoms with Crippen molar-refractivity contribution < 1.29 is 23.1 Å². The smallest absolute Gasteiger partial charge is 0.352 e. The number of carbonyl (C=O) groups excluding carboxylic acids is 1. The summed E-state index contributed by atoms with van der Waals surface area (Å²) in [6, 6.07) is 0. The number of hydrogen-bond acceptors (Lipinski definition) is 4. The molecule has 1 saturated heterocycles. The first-order chi connectivity index (χ1) is 9.66. The average molecular weight is 315 g/mol. The molecule has 1 aromatic rings. The first-order valence-corrected chi connectivity index (χ1v) is 7.82. The Hall–Kier alpha value is -1.87. The number of amides is 1. The molecule has 2 heterocycles. The fourth-order valence-corrected chi connectivity index (χ4v) is 4.55. The maximum absolute atomic E-state index is 12.6. The number of carboxylic acids is 1. The van der Waals surface area contributed by atoms with Crippen LogP contribution in [0.3, 0.4) is 0 Å². The van der Waals surface area contributed by atoms with E-state index in [1.165, 1.54) is 18.2 Å². The molecule has 1 atom stereocenters. The van der Waals surface area contributed by atoms with E-state index in [4.69, 9.17) is 10.8 Å². The second kappa shape index (κ2) is 5.15. The highest BCUT2D eigenvalue weighted by atomic mass is 32.2. The molecular weight excluding hydrogens is 298 g/mol. The Morgan fingerprint density at radius 2 is 2.00 bits per heavy atom. The summed E-state index contributed by atoms with van der Waals surface area (Å²) in [5, 5.41) is 9.05. The molecule has 1 aromatic heterocycles. The van der Waals surface area contributed by atoms with Gasteiger partial charge in [0.1, 0.15) is 10.6 Å². The molecule has 0 aliphatic carbocycles. The molecule has 9 heteroatoms. The number of hydrogen-bond donors (Lipinski definition) is 3. The zero-order valence-electron chi connectivity index (χ0n) is 11.7. The lowest BCUT2D eigenvalue weighted by Gasteiger charge is -2.16. The molecule has 0 radical (unpaired) electrons. The van der Waals surface area contributed by atoms with E-state index in [1.54, 1.807) is 0 Å². The summed E-state index contributed by atoms with van der Waals surface area (Å²) in [5.41, 5.74) is 5.50. The number of aromatic amines is 1. The monoisotopic (exact) mass is 315 g/mol.